The number of carbonyl (C=O) groups is 2. The first-order valence-electron chi connectivity index (χ1n) is 9.98. The van der Waals surface area contributed by atoms with Crippen LogP contribution in [-0.4, -0.2) is 35.2 Å². The predicted octanol–water partition coefficient (Wildman–Crippen LogP) is 5.21. The van der Waals surface area contributed by atoms with Crippen LogP contribution in [0.5, 0.6) is 0 Å². The van der Waals surface area contributed by atoms with Crippen LogP contribution in [0.25, 0.3) is 0 Å². The van der Waals surface area contributed by atoms with Crippen LogP contribution in [-0.2, 0) is 14.3 Å². The highest BCUT2D eigenvalue weighted by atomic mass is 35.5. The molecule has 1 saturated carbocycles. The SMILES string of the molecule is CCCCOC(=O)[C@@H]1CS[C@H](c2ccccc2Cl)N1C(=O)C1CCCCC1. The first-order chi connectivity index (χ1) is 13.1. The molecule has 0 bridgehead atoms. The molecule has 0 N–H and O–H groups in total. The molecule has 148 valence electrons. The summed E-state index contributed by atoms with van der Waals surface area (Å²) in [6.07, 6.45) is 6.99. The summed E-state index contributed by atoms with van der Waals surface area (Å²) >= 11 is 8.03. The maximum absolute atomic E-state index is 13.4. The summed E-state index contributed by atoms with van der Waals surface area (Å²) < 4.78 is 5.47. The van der Waals surface area contributed by atoms with Gasteiger partial charge < -0.3 is 9.64 Å². The van der Waals surface area contributed by atoms with Gasteiger partial charge in [0.2, 0.25) is 5.91 Å². The monoisotopic (exact) mass is 409 g/mol. The van der Waals surface area contributed by atoms with Gasteiger partial charge in [-0.05, 0) is 25.3 Å². The number of nitrogens with zero attached hydrogens (tertiary/aromatic N) is 1. The summed E-state index contributed by atoms with van der Waals surface area (Å²) in [5, 5.41) is 0.410. The fourth-order valence-corrected chi connectivity index (χ4v) is 5.61. The summed E-state index contributed by atoms with van der Waals surface area (Å²) in [7, 11) is 0. The second-order valence-electron chi connectivity index (χ2n) is 7.32. The van der Waals surface area contributed by atoms with E-state index < -0.39 is 6.04 Å². The highest BCUT2D eigenvalue weighted by molar-refractivity contribution is 7.99. The minimum Gasteiger partial charge on any atom is -0.464 e. The first kappa shape index (κ1) is 20.5. The summed E-state index contributed by atoms with van der Waals surface area (Å²) in [6.45, 7) is 2.48. The lowest BCUT2D eigenvalue weighted by molar-refractivity contribution is -0.156. The average molecular weight is 410 g/mol. The number of halogens is 1. The van der Waals surface area contributed by atoms with Crippen LogP contribution in [0, 0.1) is 5.92 Å². The number of benzene rings is 1. The van der Waals surface area contributed by atoms with Crippen molar-refractivity contribution < 1.29 is 14.3 Å². The highest BCUT2D eigenvalue weighted by Gasteiger charge is 2.45. The Balaban J connectivity index is 1.83. The number of unbranched alkanes of at least 4 members (excludes halogenated alkanes) is 1. The molecule has 0 radical (unpaired) electrons. The van der Waals surface area contributed by atoms with E-state index in [1.165, 1.54) is 6.42 Å². The van der Waals surface area contributed by atoms with Crippen molar-refractivity contribution in [3.8, 4) is 0 Å². The average Bonchev–Trinajstić information content (AvgIpc) is 3.13. The van der Waals surface area contributed by atoms with Gasteiger partial charge in [-0.15, -0.1) is 11.8 Å². The fraction of sp³-hybridized carbons (Fsp3) is 0.619. The number of rotatable bonds is 6. The lowest BCUT2D eigenvalue weighted by Crippen LogP contribution is -2.46. The molecule has 0 aromatic heterocycles. The number of amides is 1. The van der Waals surface area contributed by atoms with Crippen molar-refractivity contribution in [1.82, 2.24) is 4.90 Å². The van der Waals surface area contributed by atoms with Gasteiger partial charge in [-0.3, -0.25) is 4.79 Å². The van der Waals surface area contributed by atoms with Crippen LogP contribution in [0.15, 0.2) is 24.3 Å². The van der Waals surface area contributed by atoms with Crippen molar-refractivity contribution in [2.45, 2.75) is 63.3 Å². The molecule has 1 aromatic rings. The van der Waals surface area contributed by atoms with E-state index in [2.05, 4.69) is 6.92 Å². The summed E-state index contributed by atoms with van der Waals surface area (Å²) in [5.74, 6) is 0.365. The minimum absolute atomic E-state index is 0.00776. The number of esters is 1. The Morgan fingerprint density at radius 2 is 1.96 bits per heavy atom. The summed E-state index contributed by atoms with van der Waals surface area (Å²) in [6, 6.07) is 7.08. The molecule has 3 rings (SSSR count). The van der Waals surface area contributed by atoms with Crippen LogP contribution in [0.1, 0.15) is 62.8 Å². The minimum atomic E-state index is -0.525. The van der Waals surface area contributed by atoms with Crippen LogP contribution in [0.2, 0.25) is 5.02 Å². The van der Waals surface area contributed by atoms with Gasteiger partial charge in [0.1, 0.15) is 11.4 Å². The summed E-state index contributed by atoms with van der Waals surface area (Å²) in [4.78, 5) is 27.9. The molecule has 2 fully saturated rings. The normalized spacial score (nSPS) is 23.4. The van der Waals surface area contributed by atoms with Gasteiger partial charge in [-0.25, -0.2) is 4.79 Å². The molecular formula is C21H28ClNO3S. The van der Waals surface area contributed by atoms with Gasteiger partial charge in [0, 0.05) is 22.3 Å². The number of thioether (sulfide) groups is 1. The molecule has 0 spiro atoms. The maximum Gasteiger partial charge on any atom is 0.329 e. The van der Waals surface area contributed by atoms with Gasteiger partial charge >= 0.3 is 5.97 Å². The highest BCUT2D eigenvalue weighted by Crippen LogP contribution is 2.45. The molecule has 1 aromatic carbocycles. The topological polar surface area (TPSA) is 46.6 Å². The van der Waals surface area contributed by atoms with Crippen LogP contribution < -0.4 is 0 Å². The molecule has 27 heavy (non-hydrogen) atoms. The standard InChI is InChI=1S/C21H28ClNO3S/c1-2-3-13-26-21(25)18-14-27-20(16-11-7-8-12-17(16)22)23(18)19(24)15-9-5-4-6-10-15/h7-8,11-12,15,18,20H,2-6,9-10,13-14H2,1H3/t18-,20+/m0/s1. The molecule has 1 amide bonds. The molecule has 4 nitrogen and oxygen atoms in total. The molecule has 1 saturated heterocycles. The zero-order chi connectivity index (χ0) is 19.2. The van der Waals surface area contributed by atoms with E-state index in [0.717, 1.165) is 44.1 Å². The zero-order valence-corrected chi connectivity index (χ0v) is 17.4. The Bertz CT molecular complexity index is 663. The third-order valence-electron chi connectivity index (χ3n) is 5.39. The molecule has 6 heteroatoms. The van der Waals surface area contributed by atoms with Crippen molar-refractivity contribution in [1.29, 1.82) is 0 Å². The van der Waals surface area contributed by atoms with Gasteiger partial charge in [-0.1, -0.05) is 62.4 Å². The molecule has 1 heterocycles. The van der Waals surface area contributed by atoms with Crippen molar-refractivity contribution in [3.05, 3.63) is 34.9 Å². The predicted molar refractivity (Wildman–Crippen MR) is 110 cm³/mol. The van der Waals surface area contributed by atoms with E-state index in [4.69, 9.17) is 16.3 Å². The first-order valence-corrected chi connectivity index (χ1v) is 11.4. The number of hydrogen-bond acceptors (Lipinski definition) is 4. The van der Waals surface area contributed by atoms with E-state index in [1.807, 2.05) is 24.3 Å². The quantitative estimate of drug-likeness (QED) is 0.478. The van der Waals surface area contributed by atoms with Gasteiger partial charge in [-0.2, -0.15) is 0 Å². The van der Waals surface area contributed by atoms with Crippen LogP contribution >= 0.6 is 23.4 Å². The van der Waals surface area contributed by atoms with Crippen molar-refractivity contribution >= 4 is 35.2 Å². The van der Waals surface area contributed by atoms with E-state index >= 15 is 0 Å². The second-order valence-corrected chi connectivity index (χ2v) is 8.84. The molecular weight excluding hydrogens is 382 g/mol. The Kier molecular flexibility index (Phi) is 7.48. The van der Waals surface area contributed by atoms with Gasteiger partial charge in [0.05, 0.1) is 6.61 Å². The Labute approximate surface area is 171 Å². The lowest BCUT2D eigenvalue weighted by atomic mass is 9.88. The van der Waals surface area contributed by atoms with E-state index in [9.17, 15) is 9.59 Å². The van der Waals surface area contributed by atoms with Crippen LogP contribution in [0.4, 0.5) is 0 Å². The smallest absolute Gasteiger partial charge is 0.329 e. The van der Waals surface area contributed by atoms with Gasteiger partial charge in [0.25, 0.3) is 0 Å². The second kappa shape index (κ2) is 9.83. The maximum atomic E-state index is 13.4. The number of carbonyl (C=O) groups excluding carboxylic acids is 2. The van der Waals surface area contributed by atoms with E-state index in [0.29, 0.717) is 17.4 Å². The van der Waals surface area contributed by atoms with Gasteiger partial charge in [0.15, 0.2) is 0 Å². The van der Waals surface area contributed by atoms with Crippen molar-refractivity contribution in [2.75, 3.05) is 12.4 Å². The third kappa shape index (κ3) is 4.80. The largest absolute Gasteiger partial charge is 0.464 e. The number of hydrogen-bond donors (Lipinski definition) is 0. The Morgan fingerprint density at radius 1 is 1.22 bits per heavy atom. The molecule has 2 aliphatic rings. The molecule has 2 atom stereocenters. The Morgan fingerprint density at radius 3 is 2.67 bits per heavy atom. The van der Waals surface area contributed by atoms with Crippen molar-refractivity contribution in [2.24, 2.45) is 5.92 Å². The third-order valence-corrected chi connectivity index (χ3v) is 7.04. The van der Waals surface area contributed by atoms with E-state index in [1.54, 1.807) is 16.7 Å². The van der Waals surface area contributed by atoms with Crippen molar-refractivity contribution in [3.63, 3.8) is 0 Å². The fourth-order valence-electron chi connectivity index (χ4n) is 3.85. The zero-order valence-electron chi connectivity index (χ0n) is 15.9. The molecule has 1 aliphatic heterocycles. The molecule has 0 unspecified atom stereocenters. The Hall–Kier alpha value is -1.20. The van der Waals surface area contributed by atoms with Crippen LogP contribution in [0.3, 0.4) is 0 Å². The molecule has 1 aliphatic carbocycles. The number of ether oxygens (including phenoxy) is 1. The van der Waals surface area contributed by atoms with E-state index in [-0.39, 0.29) is 23.2 Å². The lowest BCUT2D eigenvalue weighted by Gasteiger charge is -2.33. The summed E-state index contributed by atoms with van der Waals surface area (Å²) in [5.41, 5.74) is 0.900.